The Labute approximate surface area is 170 Å². The molecule has 1 aliphatic rings. The lowest BCUT2D eigenvalue weighted by Crippen LogP contribution is -2.41. The predicted molar refractivity (Wildman–Crippen MR) is 108 cm³/mol. The fourth-order valence-electron chi connectivity index (χ4n) is 2.83. The van der Waals surface area contributed by atoms with E-state index in [0.717, 1.165) is 0 Å². The second-order valence-electron chi connectivity index (χ2n) is 6.04. The molecule has 2 rings (SSSR count). The highest BCUT2D eigenvalue weighted by Gasteiger charge is 2.36. The number of rotatable bonds is 6. The lowest BCUT2D eigenvalue weighted by Gasteiger charge is -2.21. The summed E-state index contributed by atoms with van der Waals surface area (Å²) in [5, 5.41) is 5.93. The van der Waals surface area contributed by atoms with Crippen molar-refractivity contribution in [3.8, 4) is 0 Å². The molecular weight excluding hydrogens is 451 g/mol. The Morgan fingerprint density at radius 3 is 2.77 bits per heavy atom. The molecule has 0 radical (unpaired) electrons. The third-order valence-corrected chi connectivity index (χ3v) is 4.16. The van der Waals surface area contributed by atoms with Crippen LogP contribution in [0, 0.1) is 11.8 Å². The molecule has 1 aromatic rings. The third-order valence-electron chi connectivity index (χ3n) is 4.16. The topological polar surface area (TPSA) is 96.2 Å². The van der Waals surface area contributed by atoms with Gasteiger partial charge in [0, 0.05) is 19.6 Å². The van der Waals surface area contributed by atoms with Crippen molar-refractivity contribution in [2.24, 2.45) is 16.8 Å². The summed E-state index contributed by atoms with van der Waals surface area (Å²) < 4.78 is 10.0. The van der Waals surface area contributed by atoms with Crippen molar-refractivity contribution in [1.82, 2.24) is 15.5 Å². The molecule has 1 amide bonds. The molecule has 1 fully saturated rings. The third kappa shape index (κ3) is 6.19. The molecule has 1 aliphatic heterocycles. The molecule has 1 saturated heterocycles. The van der Waals surface area contributed by atoms with Gasteiger partial charge in [0.2, 0.25) is 5.91 Å². The van der Waals surface area contributed by atoms with E-state index < -0.39 is 0 Å². The maximum Gasteiger partial charge on any atom is 0.310 e. The number of guanidine groups is 1. The second-order valence-corrected chi connectivity index (χ2v) is 6.04. The number of ether oxygens (including phenoxy) is 1. The summed E-state index contributed by atoms with van der Waals surface area (Å²) in [5.41, 5.74) is 0. The molecule has 8 nitrogen and oxygen atoms in total. The van der Waals surface area contributed by atoms with Gasteiger partial charge in [0.05, 0.1) is 25.8 Å². The van der Waals surface area contributed by atoms with Crippen LogP contribution < -0.4 is 10.6 Å². The van der Waals surface area contributed by atoms with Gasteiger partial charge in [0.1, 0.15) is 12.3 Å². The molecule has 9 heteroatoms. The Kier molecular flexibility index (Phi) is 9.46. The van der Waals surface area contributed by atoms with Crippen molar-refractivity contribution in [2.75, 3.05) is 33.3 Å². The van der Waals surface area contributed by atoms with Crippen molar-refractivity contribution in [1.29, 1.82) is 0 Å². The summed E-state index contributed by atoms with van der Waals surface area (Å²) in [6.07, 6.45) is 1.56. The smallest absolute Gasteiger partial charge is 0.310 e. The van der Waals surface area contributed by atoms with E-state index in [9.17, 15) is 9.59 Å². The summed E-state index contributed by atoms with van der Waals surface area (Å²) in [6.45, 7) is 6.23. The molecule has 146 valence electrons. The second kappa shape index (κ2) is 11.0. The standard InChI is InChI=1S/C17H26N4O4.HI/c1-4-18-17(21-10-12(2)14(11-21)16(23)24-3)20-9-15(22)19-8-13-6-5-7-25-13;/h5-7,12,14H,4,8-11H2,1-3H3,(H,18,20)(H,19,22);1H. The Bertz CT molecular complexity index is 606. The predicted octanol–water partition coefficient (Wildman–Crippen LogP) is 1.22. The van der Waals surface area contributed by atoms with E-state index >= 15 is 0 Å². The van der Waals surface area contributed by atoms with Gasteiger partial charge in [0.25, 0.3) is 0 Å². The lowest BCUT2D eigenvalue weighted by atomic mass is 9.99. The summed E-state index contributed by atoms with van der Waals surface area (Å²) in [4.78, 5) is 30.2. The number of furan rings is 1. The molecule has 0 aliphatic carbocycles. The number of carbonyl (C=O) groups is 2. The molecular formula is C17H27IN4O4. The highest BCUT2D eigenvalue weighted by Crippen LogP contribution is 2.24. The number of nitrogens with zero attached hydrogens (tertiary/aromatic N) is 2. The number of hydrogen-bond acceptors (Lipinski definition) is 5. The van der Waals surface area contributed by atoms with Crippen LogP contribution in [0.15, 0.2) is 27.8 Å². The first-order valence-corrected chi connectivity index (χ1v) is 8.45. The maximum absolute atomic E-state index is 12.0. The number of hydrogen-bond donors (Lipinski definition) is 2. The van der Waals surface area contributed by atoms with E-state index in [0.29, 0.717) is 37.9 Å². The van der Waals surface area contributed by atoms with Crippen LogP contribution >= 0.6 is 24.0 Å². The molecule has 0 spiro atoms. The number of aliphatic imine (C=N–C) groups is 1. The molecule has 2 atom stereocenters. The summed E-state index contributed by atoms with van der Waals surface area (Å²) in [5.74, 6) is 0.920. The van der Waals surface area contributed by atoms with Gasteiger partial charge in [0.15, 0.2) is 5.96 Å². The van der Waals surface area contributed by atoms with Crippen molar-refractivity contribution in [3.63, 3.8) is 0 Å². The van der Waals surface area contributed by atoms with Gasteiger partial charge in [-0.25, -0.2) is 4.99 Å². The first-order valence-electron chi connectivity index (χ1n) is 8.45. The highest BCUT2D eigenvalue weighted by molar-refractivity contribution is 14.0. The van der Waals surface area contributed by atoms with E-state index in [1.807, 2.05) is 18.7 Å². The zero-order valence-electron chi connectivity index (χ0n) is 15.4. The minimum Gasteiger partial charge on any atom is -0.469 e. The molecule has 2 N–H and O–H groups in total. The number of halogens is 1. The monoisotopic (exact) mass is 478 g/mol. The Morgan fingerprint density at radius 2 is 2.15 bits per heavy atom. The summed E-state index contributed by atoms with van der Waals surface area (Å²) >= 11 is 0. The number of carbonyl (C=O) groups excluding carboxylic acids is 2. The molecule has 26 heavy (non-hydrogen) atoms. The Hall–Kier alpha value is -1.78. The van der Waals surface area contributed by atoms with Crippen molar-refractivity contribution < 1.29 is 18.7 Å². The quantitative estimate of drug-likeness (QED) is 0.276. The lowest BCUT2D eigenvalue weighted by molar-refractivity contribution is -0.146. The first kappa shape index (κ1) is 22.3. The van der Waals surface area contributed by atoms with Crippen LogP contribution in [0.1, 0.15) is 19.6 Å². The number of amides is 1. The number of methoxy groups -OCH3 is 1. The SMILES string of the molecule is CCNC(=NCC(=O)NCc1ccco1)N1CC(C)C(C(=O)OC)C1.I. The fraction of sp³-hybridized carbons (Fsp3) is 0.588. The molecule has 1 aromatic heterocycles. The van der Waals surface area contributed by atoms with Crippen LogP contribution in [0.4, 0.5) is 0 Å². The average molecular weight is 478 g/mol. The van der Waals surface area contributed by atoms with Crippen LogP contribution in [0.5, 0.6) is 0 Å². The number of nitrogens with one attached hydrogen (secondary N) is 2. The van der Waals surface area contributed by atoms with Gasteiger partial charge < -0.3 is 24.7 Å². The minimum atomic E-state index is -0.206. The van der Waals surface area contributed by atoms with Crippen molar-refractivity contribution in [3.05, 3.63) is 24.2 Å². The minimum absolute atomic E-state index is 0. The Morgan fingerprint density at radius 1 is 1.38 bits per heavy atom. The van der Waals surface area contributed by atoms with Crippen LogP contribution in [0.3, 0.4) is 0 Å². The summed E-state index contributed by atoms with van der Waals surface area (Å²) in [6, 6.07) is 3.57. The van der Waals surface area contributed by atoms with E-state index in [1.54, 1.807) is 18.4 Å². The number of likely N-dealkylation sites (tertiary alicyclic amines) is 1. The molecule has 0 aromatic carbocycles. The van der Waals surface area contributed by atoms with Crippen LogP contribution in [-0.2, 0) is 20.9 Å². The van der Waals surface area contributed by atoms with E-state index in [4.69, 9.17) is 9.15 Å². The Balaban J connectivity index is 0.00000338. The number of esters is 1. The van der Waals surface area contributed by atoms with E-state index in [1.165, 1.54) is 7.11 Å². The van der Waals surface area contributed by atoms with Crippen molar-refractivity contribution >= 4 is 41.8 Å². The molecule has 0 bridgehead atoms. The van der Waals surface area contributed by atoms with Gasteiger partial charge in [-0.2, -0.15) is 0 Å². The van der Waals surface area contributed by atoms with Gasteiger partial charge in [-0.15, -0.1) is 24.0 Å². The highest BCUT2D eigenvalue weighted by atomic mass is 127. The molecule has 2 unspecified atom stereocenters. The van der Waals surface area contributed by atoms with Gasteiger partial charge in [-0.3, -0.25) is 9.59 Å². The van der Waals surface area contributed by atoms with Gasteiger partial charge >= 0.3 is 5.97 Å². The van der Waals surface area contributed by atoms with Gasteiger partial charge in [-0.05, 0) is 25.0 Å². The average Bonchev–Trinajstić information content (AvgIpc) is 3.25. The zero-order chi connectivity index (χ0) is 18.2. The van der Waals surface area contributed by atoms with Gasteiger partial charge in [-0.1, -0.05) is 6.92 Å². The van der Waals surface area contributed by atoms with E-state index in [2.05, 4.69) is 15.6 Å². The van der Waals surface area contributed by atoms with Crippen molar-refractivity contribution in [2.45, 2.75) is 20.4 Å². The zero-order valence-corrected chi connectivity index (χ0v) is 17.7. The molecule has 0 saturated carbocycles. The fourth-order valence-corrected chi connectivity index (χ4v) is 2.83. The summed E-state index contributed by atoms with van der Waals surface area (Å²) in [7, 11) is 1.40. The van der Waals surface area contributed by atoms with Crippen LogP contribution in [-0.4, -0.2) is 56.0 Å². The van der Waals surface area contributed by atoms with Crippen LogP contribution in [0.25, 0.3) is 0 Å². The van der Waals surface area contributed by atoms with E-state index in [-0.39, 0.29) is 54.2 Å². The first-order chi connectivity index (χ1) is 12.0. The maximum atomic E-state index is 12.0. The largest absolute Gasteiger partial charge is 0.469 e. The molecule has 2 heterocycles. The van der Waals surface area contributed by atoms with Crippen LogP contribution in [0.2, 0.25) is 0 Å². The normalized spacial score (nSPS) is 19.7.